The number of carbonyl (C=O) groups excluding carboxylic acids is 3. The van der Waals surface area contributed by atoms with Crippen molar-refractivity contribution in [2.24, 2.45) is 0 Å². The number of amides is 3. The number of ether oxygens (including phenoxy) is 1. The zero-order valence-corrected chi connectivity index (χ0v) is 27.9. The monoisotopic (exact) mass is 682 g/mol. The lowest BCUT2D eigenvalue weighted by molar-refractivity contribution is -0.115. The van der Waals surface area contributed by atoms with Crippen LogP contribution in [0.2, 0.25) is 5.02 Å². The minimum absolute atomic E-state index is 0.0674. The Morgan fingerprint density at radius 3 is 2.30 bits per heavy atom. The topological polar surface area (TPSA) is 109 Å². The summed E-state index contributed by atoms with van der Waals surface area (Å²) in [6.45, 7) is 4.36. The fourth-order valence-electron chi connectivity index (χ4n) is 4.30. The Morgan fingerprint density at radius 2 is 1.62 bits per heavy atom. The second kappa shape index (κ2) is 16.1. The number of anilines is 2. The van der Waals surface area contributed by atoms with Crippen LogP contribution in [-0.4, -0.2) is 34.6 Å². The maximum atomic E-state index is 13.3. The molecule has 1 heterocycles. The first kappa shape index (κ1) is 33.5. The molecule has 3 amide bonds. The van der Waals surface area contributed by atoms with Crippen molar-refractivity contribution in [3.63, 3.8) is 0 Å². The number of nitrogens with one attached hydrogen (secondary N) is 3. The molecule has 0 saturated carbocycles. The van der Waals surface area contributed by atoms with Crippen molar-refractivity contribution < 1.29 is 19.1 Å². The first-order valence-electron chi connectivity index (χ1n) is 14.7. The van der Waals surface area contributed by atoms with Gasteiger partial charge in [-0.1, -0.05) is 41.9 Å². The second-order valence-corrected chi connectivity index (χ2v) is 12.9. The van der Waals surface area contributed by atoms with E-state index in [4.69, 9.17) is 16.3 Å². The van der Waals surface area contributed by atoms with Gasteiger partial charge in [0.15, 0.2) is 5.13 Å². The summed E-state index contributed by atoms with van der Waals surface area (Å²) in [5.74, 6) is -0.286. The van der Waals surface area contributed by atoms with Crippen molar-refractivity contribution in [1.29, 1.82) is 0 Å². The van der Waals surface area contributed by atoms with Crippen molar-refractivity contribution in [1.82, 2.24) is 10.3 Å². The van der Waals surface area contributed by atoms with E-state index in [-0.39, 0.29) is 11.6 Å². The van der Waals surface area contributed by atoms with Crippen molar-refractivity contribution in [2.45, 2.75) is 24.0 Å². The summed E-state index contributed by atoms with van der Waals surface area (Å²) in [7, 11) is 0. The predicted octanol–water partition coefficient (Wildman–Crippen LogP) is 8.39. The lowest BCUT2D eigenvalue weighted by Crippen LogP contribution is -2.30. The molecule has 1 aromatic heterocycles. The van der Waals surface area contributed by atoms with Crippen LogP contribution in [0.15, 0.2) is 119 Å². The van der Waals surface area contributed by atoms with Crippen LogP contribution in [0, 0.1) is 0 Å². The molecule has 1 unspecified atom stereocenters. The van der Waals surface area contributed by atoms with E-state index in [0.717, 1.165) is 21.9 Å². The Balaban J connectivity index is 1.19. The second-order valence-electron chi connectivity index (χ2n) is 10.2. The van der Waals surface area contributed by atoms with E-state index in [0.29, 0.717) is 33.6 Å². The maximum Gasteiger partial charge on any atom is 0.272 e. The number of aromatic nitrogens is 1. The van der Waals surface area contributed by atoms with E-state index in [1.54, 1.807) is 66.7 Å². The van der Waals surface area contributed by atoms with Gasteiger partial charge in [-0.25, -0.2) is 4.98 Å². The van der Waals surface area contributed by atoms with Crippen LogP contribution in [0.4, 0.5) is 10.8 Å². The third-order valence-corrected chi connectivity index (χ3v) is 8.82. The first-order valence-corrected chi connectivity index (χ1v) is 16.8. The molecule has 8 nitrogen and oxygen atoms in total. The van der Waals surface area contributed by atoms with Crippen LogP contribution in [0.5, 0.6) is 5.75 Å². The molecule has 0 aliphatic rings. The van der Waals surface area contributed by atoms with Gasteiger partial charge in [0.2, 0.25) is 5.91 Å². The average molecular weight is 683 g/mol. The quantitative estimate of drug-likeness (QED) is 0.0901. The van der Waals surface area contributed by atoms with Crippen LogP contribution < -0.4 is 20.7 Å². The number of hydrogen-bond donors (Lipinski definition) is 3. The summed E-state index contributed by atoms with van der Waals surface area (Å²) < 4.78 is 5.50. The Kier molecular flexibility index (Phi) is 11.5. The van der Waals surface area contributed by atoms with Crippen molar-refractivity contribution in [3.05, 3.63) is 130 Å². The highest BCUT2D eigenvalue weighted by atomic mass is 35.5. The third kappa shape index (κ3) is 9.55. The number of benzene rings is 4. The number of carbonyl (C=O) groups is 3. The molecule has 5 rings (SSSR count). The van der Waals surface area contributed by atoms with Gasteiger partial charge in [-0.2, -0.15) is 0 Å². The van der Waals surface area contributed by atoms with Gasteiger partial charge in [-0.3, -0.25) is 14.4 Å². The molecule has 5 aromatic rings. The summed E-state index contributed by atoms with van der Waals surface area (Å²) in [5.41, 5.74) is 3.42. The molecule has 0 saturated heterocycles. The smallest absolute Gasteiger partial charge is 0.272 e. The molecule has 0 radical (unpaired) electrons. The fraction of sp³-hybridized carbons (Fsp3) is 0.111. The van der Waals surface area contributed by atoms with Gasteiger partial charge in [-0.15, -0.1) is 23.1 Å². The Labute approximate surface area is 286 Å². The van der Waals surface area contributed by atoms with Gasteiger partial charge in [0.25, 0.3) is 11.8 Å². The van der Waals surface area contributed by atoms with Crippen LogP contribution in [0.25, 0.3) is 17.3 Å². The Bertz CT molecular complexity index is 1860. The molecule has 0 bridgehead atoms. The fourth-order valence-corrected chi connectivity index (χ4v) is 6.02. The molecule has 47 heavy (non-hydrogen) atoms. The SMILES string of the molecule is CCOc1ccc(-c2csc(NC(=O)C(C)Sc3ccc(NC(=O)/C(=C/c4ccc(Cl)cc4)NC(=O)c4ccccc4)cc3)n2)cc1. The molecule has 1 atom stereocenters. The summed E-state index contributed by atoms with van der Waals surface area (Å²) in [6, 6.07) is 30.4. The minimum Gasteiger partial charge on any atom is -0.494 e. The zero-order chi connectivity index (χ0) is 33.2. The standard InChI is InChI=1S/C36H31ClN4O4S2/c1-3-45-29-17-11-25(12-18-29)32-22-46-36(40-32)41-33(42)23(2)47-30-19-15-28(16-20-30)38-35(44)31(21-24-9-13-27(37)14-10-24)39-34(43)26-7-5-4-6-8-26/h4-23H,3H2,1-2H3,(H,38,44)(H,39,43)(H,40,41,42)/b31-21-. The summed E-state index contributed by atoms with van der Waals surface area (Å²) in [6.07, 6.45) is 1.58. The van der Waals surface area contributed by atoms with Gasteiger partial charge in [-0.05, 0) is 98.3 Å². The average Bonchev–Trinajstić information content (AvgIpc) is 3.55. The Hall–Kier alpha value is -4.90. The van der Waals surface area contributed by atoms with Crippen LogP contribution in [0.3, 0.4) is 0 Å². The van der Waals surface area contributed by atoms with Crippen molar-refractivity contribution >= 4 is 69.3 Å². The summed E-state index contributed by atoms with van der Waals surface area (Å²) >= 11 is 8.76. The van der Waals surface area contributed by atoms with E-state index >= 15 is 0 Å². The van der Waals surface area contributed by atoms with Crippen LogP contribution in [0.1, 0.15) is 29.8 Å². The molecule has 0 spiro atoms. The third-order valence-electron chi connectivity index (χ3n) is 6.70. The van der Waals surface area contributed by atoms with E-state index in [2.05, 4.69) is 20.9 Å². The molecular formula is C36H31ClN4O4S2. The summed E-state index contributed by atoms with van der Waals surface area (Å²) in [4.78, 5) is 44.5. The number of nitrogens with zero attached hydrogens (tertiary/aromatic N) is 1. The highest BCUT2D eigenvalue weighted by molar-refractivity contribution is 8.00. The van der Waals surface area contributed by atoms with Crippen LogP contribution >= 0.6 is 34.7 Å². The van der Waals surface area contributed by atoms with Gasteiger partial charge in [0.1, 0.15) is 11.4 Å². The van der Waals surface area contributed by atoms with Gasteiger partial charge in [0, 0.05) is 32.1 Å². The number of thiazole rings is 1. The maximum absolute atomic E-state index is 13.3. The van der Waals surface area contributed by atoms with Gasteiger partial charge < -0.3 is 20.7 Å². The number of thioether (sulfide) groups is 1. The minimum atomic E-state index is -0.495. The van der Waals surface area contributed by atoms with E-state index in [1.165, 1.54) is 23.1 Å². The zero-order valence-electron chi connectivity index (χ0n) is 25.5. The first-order chi connectivity index (χ1) is 22.8. The molecule has 4 aromatic carbocycles. The Morgan fingerprint density at radius 1 is 0.915 bits per heavy atom. The molecule has 3 N–H and O–H groups in total. The normalized spacial score (nSPS) is 11.8. The van der Waals surface area contributed by atoms with Crippen molar-refractivity contribution in [2.75, 3.05) is 17.2 Å². The molecule has 0 fully saturated rings. The van der Waals surface area contributed by atoms with Gasteiger partial charge >= 0.3 is 0 Å². The van der Waals surface area contributed by atoms with Gasteiger partial charge in [0.05, 0.1) is 17.6 Å². The highest BCUT2D eigenvalue weighted by Gasteiger charge is 2.18. The number of halogens is 1. The number of hydrogen-bond acceptors (Lipinski definition) is 7. The van der Waals surface area contributed by atoms with Crippen LogP contribution in [-0.2, 0) is 9.59 Å². The number of rotatable bonds is 12. The molecule has 11 heteroatoms. The van der Waals surface area contributed by atoms with Crippen molar-refractivity contribution in [3.8, 4) is 17.0 Å². The highest BCUT2D eigenvalue weighted by Crippen LogP contribution is 2.29. The van der Waals surface area contributed by atoms with E-state index < -0.39 is 17.1 Å². The predicted molar refractivity (Wildman–Crippen MR) is 191 cm³/mol. The lowest BCUT2D eigenvalue weighted by Gasteiger charge is -2.13. The van der Waals surface area contributed by atoms with E-state index in [9.17, 15) is 14.4 Å². The molecule has 0 aliphatic heterocycles. The summed E-state index contributed by atoms with van der Waals surface area (Å²) in [5, 5.41) is 11.0. The molecular weight excluding hydrogens is 652 g/mol. The molecule has 0 aliphatic carbocycles. The largest absolute Gasteiger partial charge is 0.494 e. The lowest BCUT2D eigenvalue weighted by atomic mass is 10.1. The van der Waals surface area contributed by atoms with E-state index in [1.807, 2.05) is 61.7 Å². The molecule has 238 valence electrons.